The average molecular weight is 505 g/mol. The van der Waals surface area contributed by atoms with Crippen molar-refractivity contribution in [2.75, 3.05) is 17.8 Å². The normalized spacial score (nSPS) is 24.5. The lowest BCUT2D eigenvalue weighted by molar-refractivity contribution is 0.499. The van der Waals surface area contributed by atoms with Gasteiger partial charge in [0.25, 0.3) is 0 Å². The summed E-state index contributed by atoms with van der Waals surface area (Å²) >= 11 is 12.3. The highest BCUT2D eigenvalue weighted by Gasteiger charge is 2.35. The molecule has 0 spiro atoms. The first-order chi connectivity index (χ1) is 14.7. The molecule has 0 aromatic heterocycles. The number of hydrogen-bond donors (Lipinski definition) is 4. The molecule has 1 aromatic rings. The van der Waals surface area contributed by atoms with Gasteiger partial charge in [-0.1, -0.05) is 29.3 Å². The lowest BCUT2D eigenvalue weighted by Crippen LogP contribution is -2.47. The number of benzene rings is 1. The molecular weight excluding hydrogens is 483 g/mol. The second-order valence-electron chi connectivity index (χ2n) is 7.53. The van der Waals surface area contributed by atoms with Crippen LogP contribution in [0, 0.1) is 0 Å². The van der Waals surface area contributed by atoms with Crippen LogP contribution in [0.3, 0.4) is 0 Å². The fourth-order valence-corrected chi connectivity index (χ4v) is 7.13. The van der Waals surface area contributed by atoms with Crippen molar-refractivity contribution in [3.63, 3.8) is 0 Å². The molecule has 0 amide bonds. The minimum atomic E-state index is -3.87. The van der Waals surface area contributed by atoms with Gasteiger partial charge in [0.05, 0.1) is 27.3 Å². The summed E-state index contributed by atoms with van der Waals surface area (Å²) < 4.78 is 56.0. The minimum absolute atomic E-state index is 0.0185. The number of piperidine rings is 1. The lowest BCUT2D eigenvalue weighted by atomic mass is 9.97. The largest absolute Gasteiger partial charge is 0.381 e. The molecule has 31 heavy (non-hydrogen) atoms. The Bertz CT molecular complexity index is 1160. The van der Waals surface area contributed by atoms with Gasteiger partial charge in [0.2, 0.25) is 20.0 Å². The summed E-state index contributed by atoms with van der Waals surface area (Å²) in [6.45, 7) is 1.31. The molecule has 1 aromatic carbocycles. The van der Waals surface area contributed by atoms with E-state index in [4.69, 9.17) is 23.2 Å². The summed E-state index contributed by atoms with van der Waals surface area (Å²) in [5.41, 5.74) is 0.960. The number of nitrogens with one attached hydrogen (secondary N) is 4. The number of anilines is 1. The van der Waals surface area contributed by atoms with Crippen LogP contribution >= 0.6 is 23.2 Å². The van der Waals surface area contributed by atoms with E-state index in [1.54, 1.807) is 18.4 Å². The third-order valence-electron chi connectivity index (χ3n) is 5.47. The third kappa shape index (κ3) is 4.79. The summed E-state index contributed by atoms with van der Waals surface area (Å²) in [7, 11) is -7.41. The van der Waals surface area contributed by atoms with Crippen LogP contribution in [0.25, 0.3) is 0 Å². The molecule has 1 aliphatic carbocycles. The SMILES string of the molecule is O=S(=O)(NC1C=CC(Cl)=C2C(Cl)=CNC21)c1ccc(NS(=O)(=O)C2CCNCC2)cc1. The number of rotatable bonds is 6. The smallest absolute Gasteiger partial charge is 0.241 e. The Kier molecular flexibility index (Phi) is 6.39. The molecule has 0 saturated carbocycles. The molecule has 1 saturated heterocycles. The highest BCUT2D eigenvalue weighted by atomic mass is 35.5. The van der Waals surface area contributed by atoms with Gasteiger partial charge in [0, 0.05) is 22.5 Å². The molecule has 3 aliphatic rings. The molecular formula is C19H22Cl2N4O4S2. The van der Waals surface area contributed by atoms with Gasteiger partial charge in [-0.25, -0.2) is 21.6 Å². The molecule has 0 radical (unpaired) electrons. The summed E-state index contributed by atoms with van der Waals surface area (Å²) in [6.07, 6.45) is 5.93. The van der Waals surface area contributed by atoms with E-state index < -0.39 is 37.4 Å². The van der Waals surface area contributed by atoms with Gasteiger partial charge in [-0.2, -0.15) is 0 Å². The molecule has 2 heterocycles. The Morgan fingerprint density at radius 3 is 2.35 bits per heavy atom. The number of sulfonamides is 2. The van der Waals surface area contributed by atoms with Crippen molar-refractivity contribution in [2.45, 2.75) is 35.1 Å². The molecule has 168 valence electrons. The Balaban J connectivity index is 1.46. The van der Waals surface area contributed by atoms with Crippen LogP contribution in [0.2, 0.25) is 0 Å². The van der Waals surface area contributed by atoms with Crippen molar-refractivity contribution in [3.8, 4) is 0 Å². The first kappa shape index (κ1) is 22.6. The van der Waals surface area contributed by atoms with Gasteiger partial charge in [0.15, 0.2) is 0 Å². The van der Waals surface area contributed by atoms with Crippen LogP contribution in [0.1, 0.15) is 12.8 Å². The topological polar surface area (TPSA) is 116 Å². The highest BCUT2D eigenvalue weighted by Crippen LogP contribution is 2.34. The third-order valence-corrected chi connectivity index (χ3v) is 9.45. The number of halogens is 2. The first-order valence-corrected chi connectivity index (χ1v) is 13.5. The lowest BCUT2D eigenvalue weighted by Gasteiger charge is -2.27. The summed E-state index contributed by atoms with van der Waals surface area (Å²) in [6, 6.07) is 4.62. The molecule has 4 N–H and O–H groups in total. The van der Waals surface area contributed by atoms with Crippen LogP contribution < -0.4 is 20.1 Å². The van der Waals surface area contributed by atoms with E-state index in [2.05, 4.69) is 20.1 Å². The summed E-state index contributed by atoms with van der Waals surface area (Å²) in [5.74, 6) is 0. The van der Waals surface area contributed by atoms with Crippen LogP contribution in [0.5, 0.6) is 0 Å². The van der Waals surface area contributed by atoms with E-state index in [0.717, 1.165) is 0 Å². The number of allylic oxidation sites excluding steroid dienone is 2. The van der Waals surface area contributed by atoms with Crippen LogP contribution in [0.4, 0.5) is 5.69 Å². The van der Waals surface area contributed by atoms with E-state index in [1.807, 2.05) is 0 Å². The van der Waals surface area contributed by atoms with Crippen molar-refractivity contribution in [3.05, 3.63) is 58.3 Å². The number of hydrogen-bond acceptors (Lipinski definition) is 6. The molecule has 0 bridgehead atoms. The van der Waals surface area contributed by atoms with E-state index >= 15 is 0 Å². The number of fused-ring (bicyclic) bond motifs is 1. The highest BCUT2D eigenvalue weighted by molar-refractivity contribution is 7.93. The summed E-state index contributed by atoms with van der Waals surface area (Å²) in [4.78, 5) is 0.0185. The van der Waals surface area contributed by atoms with E-state index in [-0.39, 0.29) is 4.90 Å². The Labute approximate surface area is 191 Å². The average Bonchev–Trinajstić information content (AvgIpc) is 3.14. The Hall–Kier alpha value is -1.56. The predicted molar refractivity (Wildman–Crippen MR) is 122 cm³/mol. The zero-order chi connectivity index (χ0) is 22.2. The zero-order valence-corrected chi connectivity index (χ0v) is 19.5. The predicted octanol–water partition coefficient (Wildman–Crippen LogP) is 1.94. The zero-order valence-electron chi connectivity index (χ0n) is 16.3. The van der Waals surface area contributed by atoms with Gasteiger partial charge < -0.3 is 10.6 Å². The van der Waals surface area contributed by atoms with E-state index in [9.17, 15) is 16.8 Å². The molecule has 4 rings (SSSR count). The van der Waals surface area contributed by atoms with Gasteiger partial charge >= 0.3 is 0 Å². The van der Waals surface area contributed by atoms with Crippen molar-refractivity contribution in [2.24, 2.45) is 0 Å². The second-order valence-corrected chi connectivity index (χ2v) is 12.0. The second kappa shape index (κ2) is 8.76. The van der Waals surface area contributed by atoms with Crippen molar-refractivity contribution >= 4 is 48.9 Å². The van der Waals surface area contributed by atoms with Crippen LogP contribution in [0.15, 0.2) is 63.2 Å². The van der Waals surface area contributed by atoms with Crippen LogP contribution in [-0.2, 0) is 20.0 Å². The maximum atomic E-state index is 12.9. The van der Waals surface area contributed by atoms with Gasteiger partial charge in [-0.15, -0.1) is 0 Å². The van der Waals surface area contributed by atoms with Crippen molar-refractivity contribution in [1.29, 1.82) is 0 Å². The van der Waals surface area contributed by atoms with Crippen molar-refractivity contribution in [1.82, 2.24) is 15.4 Å². The molecule has 8 nitrogen and oxygen atoms in total. The molecule has 12 heteroatoms. The molecule has 2 aliphatic heterocycles. The van der Waals surface area contributed by atoms with Crippen molar-refractivity contribution < 1.29 is 16.8 Å². The maximum Gasteiger partial charge on any atom is 0.241 e. The molecule has 2 unspecified atom stereocenters. The van der Waals surface area contributed by atoms with E-state index in [1.165, 1.54) is 24.3 Å². The van der Waals surface area contributed by atoms with Gasteiger partial charge in [-0.05, 0) is 56.3 Å². The monoisotopic (exact) mass is 504 g/mol. The fourth-order valence-electron chi connectivity index (χ4n) is 3.82. The minimum Gasteiger partial charge on any atom is -0.381 e. The van der Waals surface area contributed by atoms with E-state index in [0.29, 0.717) is 47.3 Å². The quantitative estimate of drug-likeness (QED) is 0.470. The first-order valence-electron chi connectivity index (χ1n) is 9.72. The molecule has 1 fully saturated rings. The standard InChI is InChI=1S/C19H22Cl2N4O4S2/c20-15-5-6-17(19-18(15)16(21)11-23-19)25-31(28,29)13-3-1-12(2-4-13)24-30(26,27)14-7-9-22-10-8-14/h1-6,11,14,17,19,22-25H,7-10H2. The fraction of sp³-hybridized carbons (Fsp3) is 0.368. The van der Waals surface area contributed by atoms with Crippen LogP contribution in [-0.4, -0.2) is 47.3 Å². The Morgan fingerprint density at radius 1 is 1.00 bits per heavy atom. The maximum absolute atomic E-state index is 12.9. The molecule has 2 atom stereocenters. The summed E-state index contributed by atoms with van der Waals surface area (Å²) in [5, 5.41) is 6.59. The Morgan fingerprint density at radius 2 is 1.68 bits per heavy atom. The van der Waals surface area contributed by atoms with Gasteiger partial charge in [0.1, 0.15) is 0 Å². The van der Waals surface area contributed by atoms with Gasteiger partial charge in [-0.3, -0.25) is 4.72 Å².